The standard InChI is InChI=1S/C12H12ClN3O2/c1-14-11-10(13)4-9(6-15-11)12(17)16-5-8-2-3-18-7-8/h2-4,6-7H,5H2,1H3,(H,14,15)(H,16,17). The van der Waals surface area contributed by atoms with Crippen LogP contribution in [0.5, 0.6) is 0 Å². The van der Waals surface area contributed by atoms with Gasteiger partial charge in [-0.15, -0.1) is 0 Å². The van der Waals surface area contributed by atoms with Crippen molar-refractivity contribution in [2.45, 2.75) is 6.54 Å². The van der Waals surface area contributed by atoms with Crippen molar-refractivity contribution in [1.82, 2.24) is 10.3 Å². The Morgan fingerprint density at radius 1 is 1.56 bits per heavy atom. The largest absolute Gasteiger partial charge is 0.472 e. The summed E-state index contributed by atoms with van der Waals surface area (Å²) in [6.45, 7) is 0.404. The summed E-state index contributed by atoms with van der Waals surface area (Å²) in [5, 5.41) is 5.99. The molecular formula is C12H12ClN3O2. The van der Waals surface area contributed by atoms with E-state index in [-0.39, 0.29) is 5.91 Å². The Morgan fingerprint density at radius 2 is 2.39 bits per heavy atom. The van der Waals surface area contributed by atoms with E-state index in [1.54, 1.807) is 31.7 Å². The Balaban J connectivity index is 2.02. The molecule has 0 aliphatic heterocycles. The summed E-state index contributed by atoms with van der Waals surface area (Å²) in [4.78, 5) is 15.9. The Kier molecular flexibility index (Phi) is 3.84. The summed E-state index contributed by atoms with van der Waals surface area (Å²) in [5.41, 5.74) is 1.32. The van der Waals surface area contributed by atoms with Gasteiger partial charge in [0, 0.05) is 25.4 Å². The molecule has 1 amide bonds. The molecule has 94 valence electrons. The Bertz CT molecular complexity index is 540. The topological polar surface area (TPSA) is 67.2 Å². The van der Waals surface area contributed by atoms with Crippen LogP contribution in [-0.2, 0) is 6.54 Å². The molecule has 6 heteroatoms. The number of nitrogens with zero attached hydrogens (tertiary/aromatic N) is 1. The molecule has 0 fully saturated rings. The summed E-state index contributed by atoms with van der Waals surface area (Å²) in [7, 11) is 1.72. The fourth-order valence-electron chi connectivity index (χ4n) is 1.42. The SMILES string of the molecule is CNc1ncc(C(=O)NCc2ccoc2)cc1Cl. The van der Waals surface area contributed by atoms with Gasteiger partial charge >= 0.3 is 0 Å². The van der Waals surface area contributed by atoms with Crippen LogP contribution >= 0.6 is 11.6 Å². The molecule has 0 aromatic carbocycles. The van der Waals surface area contributed by atoms with Crippen molar-refractivity contribution in [2.24, 2.45) is 0 Å². The maximum Gasteiger partial charge on any atom is 0.253 e. The minimum atomic E-state index is -0.228. The summed E-state index contributed by atoms with van der Waals surface area (Å²) in [6.07, 6.45) is 4.61. The van der Waals surface area contributed by atoms with E-state index in [9.17, 15) is 4.79 Å². The number of pyridine rings is 1. The molecule has 0 spiro atoms. The number of hydrogen-bond acceptors (Lipinski definition) is 4. The molecular weight excluding hydrogens is 254 g/mol. The Labute approximate surface area is 109 Å². The van der Waals surface area contributed by atoms with Gasteiger partial charge in [-0.05, 0) is 12.1 Å². The molecule has 0 aliphatic rings. The zero-order valence-electron chi connectivity index (χ0n) is 9.74. The second kappa shape index (κ2) is 5.55. The quantitative estimate of drug-likeness (QED) is 0.890. The van der Waals surface area contributed by atoms with E-state index in [0.29, 0.717) is 22.9 Å². The summed E-state index contributed by atoms with van der Waals surface area (Å²) >= 11 is 5.95. The monoisotopic (exact) mass is 265 g/mol. The van der Waals surface area contributed by atoms with Gasteiger partial charge in [-0.2, -0.15) is 0 Å². The first kappa shape index (κ1) is 12.4. The van der Waals surface area contributed by atoms with Crippen LogP contribution in [0.25, 0.3) is 0 Å². The zero-order chi connectivity index (χ0) is 13.0. The minimum Gasteiger partial charge on any atom is -0.472 e. The number of anilines is 1. The predicted molar refractivity (Wildman–Crippen MR) is 68.7 cm³/mol. The first-order valence-corrected chi connectivity index (χ1v) is 5.71. The van der Waals surface area contributed by atoms with E-state index in [1.807, 2.05) is 0 Å². The van der Waals surface area contributed by atoms with Gasteiger partial charge in [0.15, 0.2) is 0 Å². The number of hydrogen-bond donors (Lipinski definition) is 2. The third kappa shape index (κ3) is 2.81. The molecule has 0 radical (unpaired) electrons. The van der Waals surface area contributed by atoms with E-state index in [1.165, 1.54) is 6.20 Å². The van der Waals surface area contributed by atoms with Gasteiger partial charge in [-0.25, -0.2) is 4.98 Å². The molecule has 0 saturated carbocycles. The molecule has 0 saturated heterocycles. The van der Waals surface area contributed by atoms with Crippen molar-refractivity contribution in [3.8, 4) is 0 Å². The predicted octanol–water partition coefficient (Wildman–Crippen LogP) is 2.30. The minimum absolute atomic E-state index is 0.228. The first-order valence-electron chi connectivity index (χ1n) is 5.33. The van der Waals surface area contributed by atoms with Gasteiger partial charge in [0.05, 0.1) is 23.1 Å². The van der Waals surface area contributed by atoms with Crippen molar-refractivity contribution in [3.05, 3.63) is 47.0 Å². The molecule has 0 atom stereocenters. The van der Waals surface area contributed by atoms with Gasteiger partial charge in [0.2, 0.25) is 0 Å². The molecule has 2 rings (SSSR count). The Hall–Kier alpha value is -2.01. The highest BCUT2D eigenvalue weighted by molar-refractivity contribution is 6.33. The van der Waals surface area contributed by atoms with Crippen LogP contribution in [0.15, 0.2) is 35.3 Å². The van der Waals surface area contributed by atoms with Gasteiger partial charge < -0.3 is 15.1 Å². The van der Waals surface area contributed by atoms with Crippen LogP contribution in [0.2, 0.25) is 5.02 Å². The van der Waals surface area contributed by atoms with Crippen molar-refractivity contribution in [1.29, 1.82) is 0 Å². The average Bonchev–Trinajstić information content (AvgIpc) is 2.89. The lowest BCUT2D eigenvalue weighted by Gasteiger charge is -2.06. The number of aromatic nitrogens is 1. The lowest BCUT2D eigenvalue weighted by molar-refractivity contribution is 0.0950. The van der Waals surface area contributed by atoms with Crippen molar-refractivity contribution >= 4 is 23.3 Å². The van der Waals surface area contributed by atoms with Crippen LogP contribution in [0, 0.1) is 0 Å². The second-order valence-corrected chi connectivity index (χ2v) is 4.03. The third-order valence-electron chi connectivity index (χ3n) is 2.37. The number of amides is 1. The van der Waals surface area contributed by atoms with Crippen molar-refractivity contribution in [2.75, 3.05) is 12.4 Å². The molecule has 2 aromatic heterocycles. The molecule has 2 aromatic rings. The van der Waals surface area contributed by atoms with Crippen molar-refractivity contribution in [3.63, 3.8) is 0 Å². The van der Waals surface area contributed by atoms with Gasteiger partial charge in [0.1, 0.15) is 5.82 Å². The maximum atomic E-state index is 11.8. The highest BCUT2D eigenvalue weighted by Gasteiger charge is 2.09. The molecule has 2 heterocycles. The molecule has 0 bridgehead atoms. The van der Waals surface area contributed by atoms with Crippen LogP contribution < -0.4 is 10.6 Å². The fourth-order valence-corrected chi connectivity index (χ4v) is 1.68. The second-order valence-electron chi connectivity index (χ2n) is 3.62. The van der Waals surface area contributed by atoms with E-state index in [4.69, 9.17) is 16.0 Å². The zero-order valence-corrected chi connectivity index (χ0v) is 10.5. The van der Waals surface area contributed by atoms with E-state index < -0.39 is 0 Å². The molecule has 18 heavy (non-hydrogen) atoms. The van der Waals surface area contributed by atoms with Crippen LogP contribution in [0.1, 0.15) is 15.9 Å². The third-order valence-corrected chi connectivity index (χ3v) is 2.66. The van der Waals surface area contributed by atoms with Crippen LogP contribution in [-0.4, -0.2) is 17.9 Å². The summed E-state index contributed by atoms with van der Waals surface area (Å²) < 4.78 is 4.91. The van der Waals surface area contributed by atoms with Crippen molar-refractivity contribution < 1.29 is 9.21 Å². The number of nitrogens with one attached hydrogen (secondary N) is 2. The van der Waals surface area contributed by atoms with E-state index in [0.717, 1.165) is 5.56 Å². The van der Waals surface area contributed by atoms with Gasteiger partial charge in [0.25, 0.3) is 5.91 Å². The van der Waals surface area contributed by atoms with E-state index in [2.05, 4.69) is 15.6 Å². The number of furan rings is 1. The Morgan fingerprint density at radius 3 is 3.00 bits per heavy atom. The average molecular weight is 266 g/mol. The number of carbonyl (C=O) groups excluding carboxylic acids is 1. The van der Waals surface area contributed by atoms with Crippen LogP contribution in [0.4, 0.5) is 5.82 Å². The molecule has 0 aliphatic carbocycles. The smallest absolute Gasteiger partial charge is 0.253 e. The fraction of sp³-hybridized carbons (Fsp3) is 0.167. The van der Waals surface area contributed by atoms with Gasteiger partial charge in [-0.3, -0.25) is 4.79 Å². The lowest BCUT2D eigenvalue weighted by atomic mass is 10.2. The maximum absolute atomic E-state index is 11.8. The number of halogens is 1. The lowest BCUT2D eigenvalue weighted by Crippen LogP contribution is -2.22. The molecule has 5 nitrogen and oxygen atoms in total. The molecule has 2 N–H and O–H groups in total. The van der Waals surface area contributed by atoms with Gasteiger partial charge in [-0.1, -0.05) is 11.6 Å². The highest BCUT2D eigenvalue weighted by Crippen LogP contribution is 2.19. The molecule has 0 unspecified atom stereocenters. The first-order chi connectivity index (χ1) is 8.70. The highest BCUT2D eigenvalue weighted by atomic mass is 35.5. The number of carbonyl (C=O) groups is 1. The van der Waals surface area contributed by atoms with E-state index >= 15 is 0 Å². The number of rotatable bonds is 4. The normalized spacial score (nSPS) is 10.1. The van der Waals surface area contributed by atoms with Crippen LogP contribution in [0.3, 0.4) is 0 Å². The summed E-state index contributed by atoms with van der Waals surface area (Å²) in [5.74, 6) is 0.316. The summed E-state index contributed by atoms with van der Waals surface area (Å²) in [6, 6.07) is 3.36.